The van der Waals surface area contributed by atoms with Gasteiger partial charge in [-0.3, -0.25) is 4.79 Å². The lowest BCUT2D eigenvalue weighted by Crippen LogP contribution is -2.48. The summed E-state index contributed by atoms with van der Waals surface area (Å²) in [5.41, 5.74) is 0.659. The molecule has 1 saturated carbocycles. The Bertz CT molecular complexity index is 2020. The summed E-state index contributed by atoms with van der Waals surface area (Å²) in [6.07, 6.45) is 0.0117. The highest BCUT2D eigenvalue weighted by Crippen LogP contribution is 2.58. The topological polar surface area (TPSA) is 121 Å². The first-order valence-electron chi connectivity index (χ1n) is 14.4. The minimum atomic E-state index is -4.43. The standard InChI is InChI=1S/C36H28ClNO7S/c37-29-16-12-25(13-17-29)26-14-18-32(19-15-26)46(43,44)38(23-24-6-4-8-28(20-24)34(39)40)36(35(41)42)22-33(36)27-7-5-11-31(21-27)45-30-9-2-1-3-10-30/h1-21,33H,22-23H2,(H,39,40)(H,41,42)/t33-,36+/m0/s1. The number of para-hydroxylation sites is 1. The molecule has 8 nitrogen and oxygen atoms in total. The number of carboxylic acids is 2. The molecular weight excluding hydrogens is 626 g/mol. The second-order valence-corrected chi connectivity index (χ2v) is 13.3. The van der Waals surface area contributed by atoms with Crippen LogP contribution in [0.15, 0.2) is 132 Å². The fourth-order valence-electron chi connectivity index (χ4n) is 5.68. The van der Waals surface area contributed by atoms with Crippen LogP contribution in [0.3, 0.4) is 0 Å². The number of benzene rings is 5. The first kappa shape index (κ1) is 31.0. The van der Waals surface area contributed by atoms with E-state index in [1.165, 1.54) is 30.3 Å². The van der Waals surface area contributed by atoms with Crippen LogP contribution in [0.25, 0.3) is 11.1 Å². The Labute approximate surface area is 271 Å². The van der Waals surface area contributed by atoms with Crippen LogP contribution in [0.4, 0.5) is 0 Å². The number of ether oxygens (including phenoxy) is 1. The van der Waals surface area contributed by atoms with Crippen LogP contribution in [-0.4, -0.2) is 40.4 Å². The number of rotatable bonds is 11. The monoisotopic (exact) mass is 653 g/mol. The SMILES string of the molecule is O=C(O)c1cccc(CN([C@]2(C(=O)O)C[C@H]2c2cccc(Oc3ccccc3)c2)S(=O)(=O)c2ccc(-c3ccc(Cl)cc3)cc2)c1. The number of carboxylic acid groups (broad SMARTS) is 2. The van der Waals surface area contributed by atoms with E-state index in [1.54, 1.807) is 66.7 Å². The van der Waals surface area contributed by atoms with Gasteiger partial charge in [0.15, 0.2) is 0 Å². The molecule has 0 unspecified atom stereocenters. The summed E-state index contributed by atoms with van der Waals surface area (Å²) in [6.45, 7) is -0.356. The van der Waals surface area contributed by atoms with Gasteiger partial charge >= 0.3 is 11.9 Å². The zero-order valence-electron chi connectivity index (χ0n) is 24.3. The Kier molecular flexibility index (Phi) is 8.39. The Balaban J connectivity index is 1.39. The van der Waals surface area contributed by atoms with Crippen molar-refractivity contribution in [3.05, 3.63) is 149 Å². The summed E-state index contributed by atoms with van der Waals surface area (Å²) in [5.74, 6) is -2.10. The lowest BCUT2D eigenvalue weighted by molar-refractivity contribution is -0.143. The normalized spacial score (nSPS) is 17.4. The van der Waals surface area contributed by atoms with Crippen LogP contribution in [0.2, 0.25) is 5.02 Å². The summed E-state index contributed by atoms with van der Waals surface area (Å²) in [7, 11) is -4.43. The molecule has 232 valence electrons. The number of sulfonamides is 1. The van der Waals surface area contributed by atoms with Crippen LogP contribution in [-0.2, 0) is 21.4 Å². The van der Waals surface area contributed by atoms with Gasteiger partial charge < -0.3 is 14.9 Å². The van der Waals surface area contributed by atoms with E-state index in [0.29, 0.717) is 27.6 Å². The van der Waals surface area contributed by atoms with Gasteiger partial charge in [-0.1, -0.05) is 78.3 Å². The van der Waals surface area contributed by atoms with Crippen molar-refractivity contribution in [2.24, 2.45) is 0 Å². The lowest BCUT2D eigenvalue weighted by Gasteiger charge is -2.30. The molecule has 0 radical (unpaired) electrons. The first-order chi connectivity index (χ1) is 22.1. The van der Waals surface area contributed by atoms with Gasteiger partial charge in [0, 0.05) is 17.5 Å². The highest BCUT2D eigenvalue weighted by Gasteiger charge is 2.68. The predicted octanol–water partition coefficient (Wildman–Crippen LogP) is 7.70. The van der Waals surface area contributed by atoms with Crippen LogP contribution in [0.1, 0.15) is 33.8 Å². The van der Waals surface area contributed by atoms with Crippen LogP contribution in [0.5, 0.6) is 11.5 Å². The summed E-state index contributed by atoms with van der Waals surface area (Å²) in [6, 6.07) is 35.2. The third-order valence-corrected chi connectivity index (χ3v) is 10.3. The highest BCUT2D eigenvalue weighted by molar-refractivity contribution is 7.89. The second kappa shape index (κ2) is 12.4. The quantitative estimate of drug-likeness (QED) is 0.150. The number of aromatic carboxylic acids is 1. The number of hydrogen-bond donors (Lipinski definition) is 2. The van der Waals surface area contributed by atoms with E-state index in [9.17, 15) is 28.2 Å². The highest BCUT2D eigenvalue weighted by atomic mass is 35.5. The Morgan fingerprint density at radius 1 is 0.783 bits per heavy atom. The summed E-state index contributed by atoms with van der Waals surface area (Å²) in [4.78, 5) is 24.8. The minimum Gasteiger partial charge on any atom is -0.480 e. The number of carbonyl (C=O) groups is 2. The summed E-state index contributed by atoms with van der Waals surface area (Å²) in [5, 5.41) is 20.8. The van der Waals surface area contributed by atoms with Crippen molar-refractivity contribution in [3.63, 3.8) is 0 Å². The maximum Gasteiger partial charge on any atom is 0.335 e. The van der Waals surface area contributed by atoms with Crippen molar-refractivity contribution >= 4 is 33.6 Å². The smallest absolute Gasteiger partial charge is 0.335 e. The van der Waals surface area contributed by atoms with Gasteiger partial charge in [0.2, 0.25) is 10.0 Å². The molecule has 1 aliphatic rings. The Morgan fingerprint density at radius 2 is 1.41 bits per heavy atom. The molecule has 0 spiro atoms. The zero-order valence-corrected chi connectivity index (χ0v) is 25.9. The van der Waals surface area contributed by atoms with E-state index >= 15 is 0 Å². The molecule has 2 N–H and O–H groups in total. The Hall–Kier alpha value is -4.96. The third kappa shape index (κ3) is 6.12. The molecule has 5 aromatic rings. The molecule has 0 amide bonds. The van der Waals surface area contributed by atoms with E-state index in [2.05, 4.69) is 0 Å². The average Bonchev–Trinajstić information content (AvgIpc) is 3.82. The van der Waals surface area contributed by atoms with E-state index < -0.39 is 33.4 Å². The molecule has 10 heteroatoms. The van der Waals surface area contributed by atoms with E-state index in [-0.39, 0.29) is 23.4 Å². The van der Waals surface area contributed by atoms with Crippen LogP contribution in [0, 0.1) is 0 Å². The predicted molar refractivity (Wildman–Crippen MR) is 174 cm³/mol. The van der Waals surface area contributed by atoms with Gasteiger partial charge in [-0.05, 0) is 89.3 Å². The van der Waals surface area contributed by atoms with Gasteiger partial charge in [-0.15, -0.1) is 0 Å². The molecule has 0 aromatic heterocycles. The maximum absolute atomic E-state index is 14.4. The van der Waals surface area contributed by atoms with Gasteiger partial charge in [0.25, 0.3) is 0 Å². The fourth-order valence-corrected chi connectivity index (χ4v) is 7.57. The molecular formula is C36H28ClNO7S. The molecule has 5 aromatic carbocycles. The van der Waals surface area contributed by atoms with Gasteiger partial charge in [0.1, 0.15) is 17.0 Å². The van der Waals surface area contributed by atoms with Crippen LogP contribution < -0.4 is 4.74 Å². The van der Waals surface area contributed by atoms with Gasteiger partial charge in [-0.2, -0.15) is 4.31 Å². The molecule has 0 heterocycles. The molecule has 46 heavy (non-hydrogen) atoms. The van der Waals surface area contributed by atoms with Crippen molar-refractivity contribution in [2.45, 2.75) is 29.3 Å². The molecule has 0 bridgehead atoms. The van der Waals surface area contributed by atoms with Crippen molar-refractivity contribution in [1.29, 1.82) is 0 Å². The van der Waals surface area contributed by atoms with Crippen molar-refractivity contribution in [1.82, 2.24) is 4.31 Å². The molecule has 1 fully saturated rings. The summed E-state index contributed by atoms with van der Waals surface area (Å²) >= 11 is 6.02. The maximum atomic E-state index is 14.4. The molecule has 0 aliphatic heterocycles. The van der Waals surface area contributed by atoms with Gasteiger partial charge in [0.05, 0.1) is 10.5 Å². The van der Waals surface area contributed by atoms with E-state index in [1.807, 2.05) is 30.3 Å². The summed E-state index contributed by atoms with van der Waals surface area (Å²) < 4.78 is 35.8. The number of halogens is 1. The average molecular weight is 654 g/mol. The first-order valence-corrected chi connectivity index (χ1v) is 16.2. The molecule has 0 saturated heterocycles. The largest absolute Gasteiger partial charge is 0.480 e. The number of aliphatic carboxylic acids is 1. The van der Waals surface area contributed by atoms with Crippen molar-refractivity contribution < 1.29 is 33.0 Å². The number of nitrogens with zero attached hydrogens (tertiary/aromatic N) is 1. The molecule has 1 aliphatic carbocycles. The minimum absolute atomic E-state index is 0.0117. The fraction of sp³-hybridized carbons (Fsp3) is 0.111. The van der Waals surface area contributed by atoms with Gasteiger partial charge in [-0.25, -0.2) is 13.2 Å². The number of hydrogen-bond acceptors (Lipinski definition) is 5. The lowest BCUT2D eigenvalue weighted by atomic mass is 10.0. The molecule has 6 rings (SSSR count). The zero-order chi connectivity index (χ0) is 32.5. The second-order valence-electron chi connectivity index (χ2n) is 11.0. The molecule has 2 atom stereocenters. The van der Waals surface area contributed by atoms with Crippen molar-refractivity contribution in [3.8, 4) is 22.6 Å². The van der Waals surface area contributed by atoms with E-state index in [4.69, 9.17) is 16.3 Å². The van der Waals surface area contributed by atoms with Crippen LogP contribution >= 0.6 is 11.6 Å². The van der Waals surface area contributed by atoms with E-state index in [0.717, 1.165) is 15.4 Å². The van der Waals surface area contributed by atoms with Crippen molar-refractivity contribution in [2.75, 3.05) is 0 Å². The Morgan fingerprint density at radius 3 is 2.07 bits per heavy atom. The third-order valence-electron chi connectivity index (χ3n) is 8.11.